The van der Waals surface area contributed by atoms with E-state index in [4.69, 9.17) is 0 Å². The van der Waals surface area contributed by atoms with Crippen molar-refractivity contribution in [2.45, 2.75) is 64.3 Å². The Hall–Kier alpha value is -0.860. The quantitative estimate of drug-likeness (QED) is 0.779. The van der Waals surface area contributed by atoms with Crippen molar-refractivity contribution >= 4 is 0 Å². The predicted octanol–water partition coefficient (Wildman–Crippen LogP) is 3.13. The molecule has 1 aromatic heterocycles. The summed E-state index contributed by atoms with van der Waals surface area (Å²) in [7, 11) is 0. The molecule has 0 N–H and O–H groups in total. The average Bonchev–Trinajstić information content (AvgIpc) is 2.59. The van der Waals surface area contributed by atoms with E-state index in [9.17, 15) is 0 Å². The van der Waals surface area contributed by atoms with Crippen molar-refractivity contribution < 1.29 is 0 Å². The SMILES string of the molecule is CCCCc1ncn(C2CC3(CCC3)C2)n1. The highest BCUT2D eigenvalue weighted by molar-refractivity contribution is 5.01. The van der Waals surface area contributed by atoms with Gasteiger partial charge < -0.3 is 0 Å². The highest BCUT2D eigenvalue weighted by atomic mass is 15.3. The summed E-state index contributed by atoms with van der Waals surface area (Å²) in [4.78, 5) is 4.40. The van der Waals surface area contributed by atoms with Crippen LogP contribution in [0, 0.1) is 5.41 Å². The lowest BCUT2D eigenvalue weighted by Gasteiger charge is -2.53. The lowest BCUT2D eigenvalue weighted by Crippen LogP contribution is -2.43. The molecular weight excluding hydrogens is 198 g/mol. The first kappa shape index (κ1) is 10.3. The van der Waals surface area contributed by atoms with Crippen LogP contribution in [0.4, 0.5) is 0 Å². The summed E-state index contributed by atoms with van der Waals surface area (Å²) in [5.41, 5.74) is 0.736. The fourth-order valence-corrected chi connectivity index (χ4v) is 3.15. The molecule has 3 heteroatoms. The fourth-order valence-electron chi connectivity index (χ4n) is 3.15. The van der Waals surface area contributed by atoms with Crippen LogP contribution in [-0.2, 0) is 6.42 Å². The first-order chi connectivity index (χ1) is 7.81. The minimum atomic E-state index is 0.656. The maximum absolute atomic E-state index is 4.60. The van der Waals surface area contributed by atoms with Crippen molar-refractivity contribution in [2.24, 2.45) is 5.41 Å². The third-order valence-electron chi connectivity index (χ3n) is 4.44. The van der Waals surface area contributed by atoms with E-state index < -0.39 is 0 Å². The number of aryl methyl sites for hydroxylation is 1. The third-order valence-corrected chi connectivity index (χ3v) is 4.44. The normalized spacial score (nSPS) is 23.1. The number of nitrogens with zero attached hydrogens (tertiary/aromatic N) is 3. The molecule has 1 spiro atoms. The minimum absolute atomic E-state index is 0.656. The van der Waals surface area contributed by atoms with Gasteiger partial charge >= 0.3 is 0 Å². The fraction of sp³-hybridized carbons (Fsp3) is 0.846. The molecule has 3 nitrogen and oxygen atoms in total. The molecule has 88 valence electrons. The largest absolute Gasteiger partial charge is 0.250 e. The molecule has 0 radical (unpaired) electrons. The van der Waals surface area contributed by atoms with E-state index in [0.29, 0.717) is 6.04 Å². The molecule has 3 rings (SSSR count). The standard InChI is InChI=1S/C13H21N3/c1-2-3-5-12-14-10-16(15-12)11-8-13(9-11)6-4-7-13/h10-11H,2-9H2,1H3. The highest BCUT2D eigenvalue weighted by Gasteiger charge is 2.49. The van der Waals surface area contributed by atoms with Crippen molar-refractivity contribution in [3.05, 3.63) is 12.2 Å². The summed E-state index contributed by atoms with van der Waals surface area (Å²) in [6.07, 6.45) is 12.5. The van der Waals surface area contributed by atoms with E-state index in [2.05, 4.69) is 21.7 Å². The monoisotopic (exact) mass is 219 g/mol. The van der Waals surface area contributed by atoms with Crippen LogP contribution in [0.2, 0.25) is 0 Å². The molecule has 0 aliphatic heterocycles. The lowest BCUT2D eigenvalue weighted by atomic mass is 9.54. The molecule has 0 bridgehead atoms. The predicted molar refractivity (Wildman–Crippen MR) is 63.2 cm³/mol. The lowest BCUT2D eigenvalue weighted by molar-refractivity contribution is -0.0221. The van der Waals surface area contributed by atoms with Crippen LogP contribution < -0.4 is 0 Å². The summed E-state index contributed by atoms with van der Waals surface area (Å²) in [5.74, 6) is 1.04. The minimum Gasteiger partial charge on any atom is -0.250 e. The van der Waals surface area contributed by atoms with Crippen molar-refractivity contribution in [1.29, 1.82) is 0 Å². The number of rotatable bonds is 4. The number of hydrogen-bond donors (Lipinski definition) is 0. The van der Waals surface area contributed by atoms with Gasteiger partial charge in [-0.25, -0.2) is 9.67 Å². The Kier molecular flexibility index (Phi) is 2.49. The van der Waals surface area contributed by atoms with Gasteiger partial charge in [0.2, 0.25) is 0 Å². The molecule has 2 aliphatic carbocycles. The molecule has 0 aromatic carbocycles. The zero-order valence-corrected chi connectivity index (χ0v) is 10.2. The highest BCUT2D eigenvalue weighted by Crippen LogP contribution is 2.60. The topological polar surface area (TPSA) is 30.7 Å². The zero-order chi connectivity index (χ0) is 11.0. The third kappa shape index (κ3) is 1.66. The van der Waals surface area contributed by atoms with E-state index in [1.54, 1.807) is 0 Å². The van der Waals surface area contributed by atoms with Gasteiger partial charge in [0.25, 0.3) is 0 Å². The van der Waals surface area contributed by atoms with Gasteiger partial charge in [0.1, 0.15) is 6.33 Å². The number of unbranched alkanes of at least 4 members (excludes halogenated alkanes) is 1. The Balaban J connectivity index is 1.57. The molecule has 2 fully saturated rings. The van der Waals surface area contributed by atoms with Crippen molar-refractivity contribution in [3.8, 4) is 0 Å². The van der Waals surface area contributed by atoms with E-state index in [1.807, 2.05) is 6.33 Å². The van der Waals surface area contributed by atoms with Gasteiger partial charge in [0.15, 0.2) is 5.82 Å². The maximum Gasteiger partial charge on any atom is 0.150 e. The van der Waals surface area contributed by atoms with Gasteiger partial charge in [-0.15, -0.1) is 0 Å². The van der Waals surface area contributed by atoms with Crippen LogP contribution in [0.3, 0.4) is 0 Å². The molecular formula is C13H21N3. The Bertz CT molecular complexity index is 357. The molecule has 1 aromatic rings. The van der Waals surface area contributed by atoms with Crippen LogP contribution in [0.15, 0.2) is 6.33 Å². The first-order valence-electron chi connectivity index (χ1n) is 6.71. The molecule has 2 saturated carbocycles. The summed E-state index contributed by atoms with van der Waals surface area (Å²) in [6, 6.07) is 0.656. The smallest absolute Gasteiger partial charge is 0.150 e. The van der Waals surface area contributed by atoms with E-state index in [-0.39, 0.29) is 0 Å². The zero-order valence-electron chi connectivity index (χ0n) is 10.2. The second-order valence-corrected chi connectivity index (χ2v) is 5.66. The molecule has 0 atom stereocenters. The van der Waals surface area contributed by atoms with Crippen LogP contribution in [-0.4, -0.2) is 14.8 Å². The Morgan fingerprint density at radius 3 is 2.88 bits per heavy atom. The van der Waals surface area contributed by atoms with Crippen LogP contribution >= 0.6 is 0 Å². The van der Waals surface area contributed by atoms with Crippen molar-refractivity contribution in [1.82, 2.24) is 14.8 Å². The first-order valence-corrected chi connectivity index (χ1v) is 6.71. The van der Waals surface area contributed by atoms with Crippen LogP contribution in [0.5, 0.6) is 0 Å². The Morgan fingerprint density at radius 1 is 1.44 bits per heavy atom. The molecule has 2 aliphatic rings. The summed E-state index contributed by atoms with van der Waals surface area (Å²) < 4.78 is 2.12. The van der Waals surface area contributed by atoms with Crippen molar-refractivity contribution in [2.75, 3.05) is 0 Å². The number of aromatic nitrogens is 3. The average molecular weight is 219 g/mol. The Labute approximate surface area is 97.3 Å². The molecule has 0 amide bonds. The summed E-state index contributed by atoms with van der Waals surface area (Å²) >= 11 is 0. The van der Waals surface area contributed by atoms with Gasteiger partial charge in [-0.2, -0.15) is 5.10 Å². The van der Waals surface area contributed by atoms with Crippen LogP contribution in [0.1, 0.15) is 63.7 Å². The molecule has 0 unspecified atom stereocenters. The molecule has 16 heavy (non-hydrogen) atoms. The molecule has 1 heterocycles. The molecule has 0 saturated heterocycles. The van der Waals surface area contributed by atoms with Gasteiger partial charge in [0, 0.05) is 6.42 Å². The second kappa shape index (κ2) is 3.86. The maximum atomic E-state index is 4.60. The van der Waals surface area contributed by atoms with Gasteiger partial charge in [-0.3, -0.25) is 0 Å². The summed E-state index contributed by atoms with van der Waals surface area (Å²) in [5, 5.41) is 4.60. The van der Waals surface area contributed by atoms with E-state index in [1.165, 1.54) is 44.9 Å². The van der Waals surface area contributed by atoms with Crippen molar-refractivity contribution in [3.63, 3.8) is 0 Å². The second-order valence-electron chi connectivity index (χ2n) is 5.66. The summed E-state index contributed by atoms with van der Waals surface area (Å²) in [6.45, 7) is 2.21. The van der Waals surface area contributed by atoms with Gasteiger partial charge in [0.05, 0.1) is 6.04 Å². The van der Waals surface area contributed by atoms with Gasteiger partial charge in [-0.05, 0) is 37.5 Å². The Morgan fingerprint density at radius 2 is 2.25 bits per heavy atom. The van der Waals surface area contributed by atoms with E-state index >= 15 is 0 Å². The number of hydrogen-bond acceptors (Lipinski definition) is 2. The van der Waals surface area contributed by atoms with E-state index in [0.717, 1.165) is 17.7 Å². The van der Waals surface area contributed by atoms with Gasteiger partial charge in [-0.1, -0.05) is 19.8 Å². The van der Waals surface area contributed by atoms with Crippen LogP contribution in [0.25, 0.3) is 0 Å².